The van der Waals surface area contributed by atoms with Crippen LogP contribution in [0.3, 0.4) is 0 Å². The second-order valence-corrected chi connectivity index (χ2v) is 5.85. The lowest BCUT2D eigenvalue weighted by Gasteiger charge is -2.26. The highest BCUT2D eigenvalue weighted by molar-refractivity contribution is 6.31. The summed E-state index contributed by atoms with van der Waals surface area (Å²) in [5, 5.41) is 12.7. The van der Waals surface area contributed by atoms with Gasteiger partial charge in [0, 0.05) is 10.6 Å². The summed E-state index contributed by atoms with van der Waals surface area (Å²) in [4.78, 5) is 12.2. The predicted octanol–water partition coefficient (Wildman–Crippen LogP) is 3.85. The number of nitrogens with zero attached hydrogens (tertiary/aromatic N) is 1. The van der Waals surface area contributed by atoms with Crippen LogP contribution in [0.4, 0.5) is 0 Å². The zero-order chi connectivity index (χ0) is 14.5. The van der Waals surface area contributed by atoms with Crippen molar-refractivity contribution in [3.8, 4) is 6.07 Å². The first-order valence-electron chi connectivity index (χ1n) is 7.08. The Morgan fingerprint density at radius 1 is 1.40 bits per heavy atom. The summed E-state index contributed by atoms with van der Waals surface area (Å²) in [7, 11) is 0. The van der Waals surface area contributed by atoms with Gasteiger partial charge in [0.15, 0.2) is 0 Å². The van der Waals surface area contributed by atoms with Crippen LogP contribution in [0.1, 0.15) is 48.0 Å². The van der Waals surface area contributed by atoms with E-state index >= 15 is 0 Å². The molecule has 1 aliphatic rings. The maximum atomic E-state index is 12.2. The first-order valence-corrected chi connectivity index (χ1v) is 7.46. The average molecular weight is 291 g/mol. The summed E-state index contributed by atoms with van der Waals surface area (Å²) in [5.74, 6) is 0.0580. The van der Waals surface area contributed by atoms with Crippen molar-refractivity contribution in [3.63, 3.8) is 0 Å². The van der Waals surface area contributed by atoms with Gasteiger partial charge in [-0.15, -0.1) is 0 Å². The molecule has 1 fully saturated rings. The van der Waals surface area contributed by atoms with Crippen molar-refractivity contribution in [2.24, 2.45) is 5.92 Å². The summed E-state index contributed by atoms with van der Waals surface area (Å²) in [6, 6.07) is 7.05. The number of nitrogens with one attached hydrogen (secondary N) is 1. The normalized spacial score (nSPS) is 17.2. The van der Waals surface area contributed by atoms with Crippen LogP contribution in [0, 0.1) is 24.2 Å². The fraction of sp³-hybridized carbons (Fsp3) is 0.500. The zero-order valence-electron chi connectivity index (χ0n) is 11.7. The van der Waals surface area contributed by atoms with Crippen molar-refractivity contribution in [1.82, 2.24) is 5.32 Å². The van der Waals surface area contributed by atoms with E-state index in [0.717, 1.165) is 31.2 Å². The molecule has 0 aliphatic heterocycles. The molecule has 106 valence electrons. The molecule has 2 rings (SSSR count). The van der Waals surface area contributed by atoms with Gasteiger partial charge in [-0.25, -0.2) is 0 Å². The van der Waals surface area contributed by atoms with Crippen LogP contribution in [-0.2, 0) is 0 Å². The zero-order valence-corrected chi connectivity index (χ0v) is 12.4. The van der Waals surface area contributed by atoms with E-state index < -0.39 is 6.04 Å². The molecule has 0 saturated heterocycles. The van der Waals surface area contributed by atoms with Crippen LogP contribution < -0.4 is 5.32 Å². The predicted molar refractivity (Wildman–Crippen MR) is 79.6 cm³/mol. The number of nitriles is 1. The van der Waals surface area contributed by atoms with E-state index in [-0.39, 0.29) is 11.8 Å². The van der Waals surface area contributed by atoms with Gasteiger partial charge in [-0.3, -0.25) is 4.79 Å². The van der Waals surface area contributed by atoms with E-state index in [2.05, 4.69) is 11.4 Å². The number of halogens is 1. The minimum Gasteiger partial charge on any atom is -0.336 e. The van der Waals surface area contributed by atoms with Crippen LogP contribution >= 0.6 is 11.6 Å². The highest BCUT2D eigenvalue weighted by atomic mass is 35.5. The van der Waals surface area contributed by atoms with Crippen LogP contribution in [0.25, 0.3) is 0 Å². The van der Waals surface area contributed by atoms with Crippen LogP contribution in [-0.4, -0.2) is 11.9 Å². The van der Waals surface area contributed by atoms with Crippen molar-refractivity contribution >= 4 is 17.5 Å². The molecule has 0 spiro atoms. The van der Waals surface area contributed by atoms with Crippen molar-refractivity contribution in [2.75, 3.05) is 0 Å². The van der Waals surface area contributed by atoms with Gasteiger partial charge >= 0.3 is 0 Å². The molecule has 20 heavy (non-hydrogen) atoms. The standard InChI is InChI=1S/C16H19ClN2O/c1-11-7-8-13(9-14(11)17)16(20)19-15(10-18)12-5-3-2-4-6-12/h7-9,12,15H,2-6H2,1H3,(H,19,20). The van der Waals surface area contributed by atoms with Gasteiger partial charge in [-0.05, 0) is 43.4 Å². The van der Waals surface area contributed by atoms with Gasteiger partial charge in [-0.1, -0.05) is 36.9 Å². The highest BCUT2D eigenvalue weighted by Gasteiger charge is 2.25. The first-order chi connectivity index (χ1) is 9.61. The lowest BCUT2D eigenvalue weighted by atomic mass is 9.84. The van der Waals surface area contributed by atoms with Crippen molar-refractivity contribution in [1.29, 1.82) is 5.26 Å². The molecule has 1 aliphatic carbocycles. The van der Waals surface area contributed by atoms with Gasteiger partial charge < -0.3 is 5.32 Å². The molecule has 0 aromatic heterocycles. The molecule has 1 amide bonds. The molecular weight excluding hydrogens is 272 g/mol. The summed E-state index contributed by atoms with van der Waals surface area (Å²) in [5.41, 5.74) is 1.45. The molecule has 3 nitrogen and oxygen atoms in total. The third-order valence-electron chi connectivity index (χ3n) is 3.98. The Hall–Kier alpha value is -1.53. The molecule has 0 heterocycles. The fourth-order valence-electron chi connectivity index (χ4n) is 2.68. The topological polar surface area (TPSA) is 52.9 Å². The van der Waals surface area contributed by atoms with Crippen molar-refractivity contribution in [3.05, 3.63) is 34.3 Å². The summed E-state index contributed by atoms with van der Waals surface area (Å²) in [6.07, 6.45) is 5.57. The van der Waals surface area contributed by atoms with E-state index in [1.807, 2.05) is 13.0 Å². The molecule has 1 saturated carbocycles. The highest BCUT2D eigenvalue weighted by Crippen LogP contribution is 2.26. The van der Waals surface area contributed by atoms with Crippen molar-refractivity contribution in [2.45, 2.75) is 45.1 Å². The fourth-order valence-corrected chi connectivity index (χ4v) is 2.86. The number of hydrogen-bond acceptors (Lipinski definition) is 2. The largest absolute Gasteiger partial charge is 0.336 e. The van der Waals surface area contributed by atoms with Gasteiger partial charge in [0.2, 0.25) is 0 Å². The number of carbonyl (C=O) groups is 1. The van der Waals surface area contributed by atoms with Crippen LogP contribution in [0.15, 0.2) is 18.2 Å². The monoisotopic (exact) mass is 290 g/mol. The number of benzene rings is 1. The van der Waals surface area contributed by atoms with Gasteiger partial charge in [0.1, 0.15) is 6.04 Å². The molecular formula is C16H19ClN2O. The molecule has 1 aromatic rings. The van der Waals surface area contributed by atoms with Gasteiger partial charge in [0.25, 0.3) is 5.91 Å². The SMILES string of the molecule is Cc1ccc(C(=O)NC(C#N)C2CCCCC2)cc1Cl. The van der Waals surface area contributed by atoms with Gasteiger partial charge in [0.05, 0.1) is 6.07 Å². The Balaban J connectivity index is 2.05. The summed E-state index contributed by atoms with van der Waals surface area (Å²) >= 11 is 6.03. The third-order valence-corrected chi connectivity index (χ3v) is 4.39. The second kappa shape index (κ2) is 6.76. The molecule has 0 radical (unpaired) electrons. The third kappa shape index (κ3) is 3.52. The molecule has 1 aromatic carbocycles. The minimum absolute atomic E-state index is 0.218. The van der Waals surface area contributed by atoms with Gasteiger partial charge in [-0.2, -0.15) is 5.26 Å². The lowest BCUT2D eigenvalue weighted by molar-refractivity contribution is 0.0929. The van der Waals surface area contributed by atoms with E-state index in [0.29, 0.717) is 10.6 Å². The molecule has 0 bridgehead atoms. The first kappa shape index (κ1) is 14.9. The van der Waals surface area contributed by atoms with E-state index in [4.69, 9.17) is 11.6 Å². The van der Waals surface area contributed by atoms with E-state index in [1.165, 1.54) is 6.42 Å². The van der Waals surface area contributed by atoms with E-state index in [1.54, 1.807) is 12.1 Å². The number of hydrogen-bond donors (Lipinski definition) is 1. The average Bonchev–Trinajstić information content (AvgIpc) is 2.48. The lowest BCUT2D eigenvalue weighted by Crippen LogP contribution is -2.40. The summed E-state index contributed by atoms with van der Waals surface area (Å²) < 4.78 is 0. The minimum atomic E-state index is -0.400. The quantitative estimate of drug-likeness (QED) is 0.919. The number of carbonyl (C=O) groups excluding carboxylic acids is 1. The number of aryl methyl sites for hydroxylation is 1. The number of rotatable bonds is 3. The Bertz CT molecular complexity index is 530. The molecule has 1 atom stereocenters. The van der Waals surface area contributed by atoms with E-state index in [9.17, 15) is 10.1 Å². The Morgan fingerprint density at radius 2 is 2.10 bits per heavy atom. The Kier molecular flexibility index (Phi) is 5.03. The Morgan fingerprint density at radius 3 is 2.70 bits per heavy atom. The second-order valence-electron chi connectivity index (χ2n) is 5.44. The van der Waals surface area contributed by atoms with Crippen LogP contribution in [0.2, 0.25) is 5.02 Å². The smallest absolute Gasteiger partial charge is 0.252 e. The molecule has 1 N–H and O–H groups in total. The Labute approximate surface area is 124 Å². The maximum absolute atomic E-state index is 12.2. The van der Waals surface area contributed by atoms with Crippen molar-refractivity contribution < 1.29 is 4.79 Å². The number of amides is 1. The molecule has 4 heteroatoms. The van der Waals surface area contributed by atoms with Crippen LogP contribution in [0.5, 0.6) is 0 Å². The maximum Gasteiger partial charge on any atom is 0.252 e. The summed E-state index contributed by atoms with van der Waals surface area (Å²) in [6.45, 7) is 1.89. The molecule has 1 unspecified atom stereocenters.